The van der Waals surface area contributed by atoms with Gasteiger partial charge in [-0.2, -0.15) is 0 Å². The molecule has 0 saturated carbocycles. The highest BCUT2D eigenvalue weighted by molar-refractivity contribution is 6.39. The van der Waals surface area contributed by atoms with Crippen LogP contribution in [0.2, 0.25) is 10.0 Å². The van der Waals surface area contributed by atoms with E-state index in [2.05, 4.69) is 10.5 Å². The summed E-state index contributed by atoms with van der Waals surface area (Å²) in [5.41, 5.74) is 0.993. The van der Waals surface area contributed by atoms with Gasteiger partial charge < -0.3 is 4.74 Å². The summed E-state index contributed by atoms with van der Waals surface area (Å²) in [5.74, 6) is 0. The van der Waals surface area contributed by atoms with Crippen LogP contribution in [0.5, 0.6) is 0 Å². The van der Waals surface area contributed by atoms with Gasteiger partial charge in [0.1, 0.15) is 0 Å². The normalized spacial score (nSPS) is 20.6. The monoisotopic (exact) mass is 302 g/mol. The molecule has 1 aliphatic rings. The standard InChI is InChI=1S/C12H12Cl2N2O3/c1-7-10(5-6-18-7)16-19-12(17)15-11-8(13)3-2-4-9(11)14/h2-4,7H,5-6H2,1H3,(H,15,17). The summed E-state index contributed by atoms with van der Waals surface area (Å²) in [6, 6.07) is 4.91. The number of oxime groups is 1. The summed E-state index contributed by atoms with van der Waals surface area (Å²) in [6.45, 7) is 2.43. The Labute approximate surface area is 120 Å². The van der Waals surface area contributed by atoms with Crippen LogP contribution >= 0.6 is 23.2 Å². The van der Waals surface area contributed by atoms with Gasteiger partial charge in [-0.15, -0.1) is 0 Å². The maximum atomic E-state index is 11.6. The second-order valence-corrected chi connectivity index (χ2v) is 4.76. The highest BCUT2D eigenvalue weighted by atomic mass is 35.5. The van der Waals surface area contributed by atoms with Crippen LogP contribution in [0.25, 0.3) is 0 Å². The minimum absolute atomic E-state index is 0.128. The molecular weight excluding hydrogens is 291 g/mol. The molecule has 0 aromatic heterocycles. The Kier molecular flexibility index (Phi) is 4.63. The van der Waals surface area contributed by atoms with Gasteiger partial charge >= 0.3 is 6.09 Å². The molecule has 0 spiro atoms. The fraction of sp³-hybridized carbons (Fsp3) is 0.333. The quantitative estimate of drug-likeness (QED) is 0.669. The van der Waals surface area contributed by atoms with Crippen molar-refractivity contribution in [2.75, 3.05) is 11.9 Å². The molecular formula is C12H12Cl2N2O3. The van der Waals surface area contributed by atoms with Crippen LogP contribution in [0.3, 0.4) is 0 Å². The minimum Gasteiger partial charge on any atom is -0.372 e. The molecule has 2 rings (SSSR count). The van der Waals surface area contributed by atoms with Crippen molar-refractivity contribution < 1.29 is 14.4 Å². The number of nitrogens with one attached hydrogen (secondary N) is 1. The first-order chi connectivity index (χ1) is 9.08. The summed E-state index contributed by atoms with van der Waals surface area (Å²) in [7, 11) is 0. The Balaban J connectivity index is 1.98. The number of para-hydroxylation sites is 1. The average Bonchev–Trinajstić information content (AvgIpc) is 2.77. The van der Waals surface area contributed by atoms with Gasteiger partial charge in [-0.1, -0.05) is 34.4 Å². The van der Waals surface area contributed by atoms with Crippen LogP contribution in [0.15, 0.2) is 23.4 Å². The molecule has 1 saturated heterocycles. The van der Waals surface area contributed by atoms with Crippen molar-refractivity contribution in [1.29, 1.82) is 0 Å². The van der Waals surface area contributed by atoms with Crippen LogP contribution in [0, 0.1) is 0 Å². The Morgan fingerprint density at radius 2 is 2.16 bits per heavy atom. The number of rotatable bonds is 2. The lowest BCUT2D eigenvalue weighted by molar-refractivity contribution is 0.141. The van der Waals surface area contributed by atoms with Crippen molar-refractivity contribution in [3.8, 4) is 0 Å². The first kappa shape index (κ1) is 14.1. The van der Waals surface area contributed by atoms with Crippen LogP contribution in [0.4, 0.5) is 10.5 Å². The van der Waals surface area contributed by atoms with E-state index in [-0.39, 0.29) is 6.10 Å². The third kappa shape index (κ3) is 3.59. The first-order valence-electron chi connectivity index (χ1n) is 5.68. The smallest absolute Gasteiger partial charge is 0.372 e. The zero-order valence-corrected chi connectivity index (χ0v) is 11.7. The van der Waals surface area contributed by atoms with E-state index in [1.165, 1.54) is 0 Å². The third-order valence-electron chi connectivity index (χ3n) is 2.63. The zero-order chi connectivity index (χ0) is 13.8. The van der Waals surface area contributed by atoms with Crippen molar-refractivity contribution in [3.63, 3.8) is 0 Å². The van der Waals surface area contributed by atoms with E-state index in [4.69, 9.17) is 32.8 Å². The first-order valence-corrected chi connectivity index (χ1v) is 6.44. The highest BCUT2D eigenvalue weighted by Crippen LogP contribution is 2.29. The number of nitrogens with zero attached hydrogens (tertiary/aromatic N) is 1. The number of halogens is 2. The molecule has 1 aliphatic heterocycles. The van der Waals surface area contributed by atoms with Gasteiger partial charge in [0.05, 0.1) is 34.2 Å². The fourth-order valence-corrected chi connectivity index (χ4v) is 2.09. The number of anilines is 1. The maximum absolute atomic E-state index is 11.6. The van der Waals surface area contributed by atoms with E-state index in [0.717, 1.165) is 0 Å². The molecule has 19 heavy (non-hydrogen) atoms. The Bertz CT molecular complexity index is 499. The van der Waals surface area contributed by atoms with Gasteiger partial charge in [0, 0.05) is 6.42 Å². The highest BCUT2D eigenvalue weighted by Gasteiger charge is 2.20. The molecule has 5 nitrogen and oxygen atoms in total. The predicted molar refractivity (Wildman–Crippen MR) is 74.0 cm³/mol. The number of hydrogen-bond donors (Lipinski definition) is 1. The lowest BCUT2D eigenvalue weighted by Crippen LogP contribution is -2.15. The van der Waals surface area contributed by atoms with Gasteiger partial charge in [-0.25, -0.2) is 4.79 Å². The van der Waals surface area contributed by atoms with Crippen LogP contribution in [-0.4, -0.2) is 24.5 Å². The number of benzene rings is 1. The van der Waals surface area contributed by atoms with Crippen molar-refractivity contribution in [2.45, 2.75) is 19.4 Å². The summed E-state index contributed by atoms with van der Waals surface area (Å²) in [4.78, 5) is 16.3. The van der Waals surface area contributed by atoms with E-state index in [0.29, 0.717) is 34.5 Å². The topological polar surface area (TPSA) is 59.9 Å². The number of amides is 1. The molecule has 1 atom stereocenters. The molecule has 1 unspecified atom stereocenters. The number of hydrogen-bond acceptors (Lipinski definition) is 4. The molecule has 1 fully saturated rings. The SMILES string of the molecule is CC1OCCC1=NOC(=O)Nc1c(Cl)cccc1Cl. The molecule has 1 heterocycles. The molecule has 1 aromatic carbocycles. The lowest BCUT2D eigenvalue weighted by Gasteiger charge is -2.07. The van der Waals surface area contributed by atoms with E-state index >= 15 is 0 Å². The van der Waals surface area contributed by atoms with Crippen molar-refractivity contribution >= 4 is 40.7 Å². The maximum Gasteiger partial charge on any atom is 0.437 e. The minimum atomic E-state index is -0.749. The zero-order valence-electron chi connectivity index (χ0n) is 10.2. The van der Waals surface area contributed by atoms with Gasteiger partial charge in [-0.3, -0.25) is 10.2 Å². The van der Waals surface area contributed by atoms with Crippen molar-refractivity contribution in [3.05, 3.63) is 28.2 Å². The summed E-state index contributed by atoms with van der Waals surface area (Å²) in [5, 5.41) is 6.85. The molecule has 1 amide bonds. The molecule has 1 N–H and O–H groups in total. The molecule has 102 valence electrons. The van der Waals surface area contributed by atoms with Gasteiger partial charge in [0.25, 0.3) is 0 Å². The van der Waals surface area contributed by atoms with E-state index in [9.17, 15) is 4.79 Å². The molecule has 0 bridgehead atoms. The lowest BCUT2D eigenvalue weighted by atomic mass is 10.2. The number of carbonyl (C=O) groups is 1. The number of ether oxygens (including phenoxy) is 1. The summed E-state index contributed by atoms with van der Waals surface area (Å²) < 4.78 is 5.27. The molecule has 7 heteroatoms. The predicted octanol–water partition coefficient (Wildman–Crippen LogP) is 3.71. The van der Waals surface area contributed by atoms with E-state index < -0.39 is 6.09 Å². The summed E-state index contributed by atoms with van der Waals surface area (Å²) >= 11 is 11.8. The van der Waals surface area contributed by atoms with Gasteiger partial charge in [0.15, 0.2) is 0 Å². The Morgan fingerprint density at radius 3 is 2.74 bits per heavy atom. The summed E-state index contributed by atoms with van der Waals surface area (Å²) in [6.07, 6.45) is -0.223. The largest absolute Gasteiger partial charge is 0.437 e. The van der Waals surface area contributed by atoms with E-state index in [1.807, 2.05) is 6.92 Å². The van der Waals surface area contributed by atoms with Crippen LogP contribution < -0.4 is 5.32 Å². The fourth-order valence-electron chi connectivity index (χ4n) is 1.60. The molecule has 1 aromatic rings. The van der Waals surface area contributed by atoms with Crippen molar-refractivity contribution in [2.24, 2.45) is 5.16 Å². The molecule has 0 radical (unpaired) electrons. The van der Waals surface area contributed by atoms with Crippen LogP contribution in [-0.2, 0) is 9.57 Å². The van der Waals surface area contributed by atoms with Gasteiger partial charge in [-0.05, 0) is 19.1 Å². The Morgan fingerprint density at radius 1 is 1.47 bits per heavy atom. The third-order valence-corrected chi connectivity index (χ3v) is 3.26. The van der Waals surface area contributed by atoms with Gasteiger partial charge in [0.2, 0.25) is 0 Å². The second kappa shape index (κ2) is 6.23. The Hall–Kier alpha value is -1.30. The number of carbonyl (C=O) groups excluding carboxylic acids is 1. The van der Waals surface area contributed by atoms with E-state index in [1.54, 1.807) is 18.2 Å². The second-order valence-electron chi connectivity index (χ2n) is 3.95. The van der Waals surface area contributed by atoms with Crippen LogP contribution in [0.1, 0.15) is 13.3 Å². The van der Waals surface area contributed by atoms with Crippen molar-refractivity contribution in [1.82, 2.24) is 0 Å². The average molecular weight is 303 g/mol. The molecule has 0 aliphatic carbocycles.